The van der Waals surface area contributed by atoms with E-state index in [0.29, 0.717) is 141 Å². The zero-order valence-electron chi connectivity index (χ0n) is 65.7. The molecule has 0 spiro atoms. The molecule has 0 radical (unpaired) electrons. The predicted octanol–water partition coefficient (Wildman–Crippen LogP) is 18.2. The number of allylic oxidation sites excluding steroid dienone is 4. The summed E-state index contributed by atoms with van der Waals surface area (Å²) in [6.07, 6.45) is 13.3. The van der Waals surface area contributed by atoms with Crippen molar-refractivity contribution < 1.29 is 42.8 Å². The molecule has 0 unspecified atom stereocenters. The Labute approximate surface area is 634 Å². The van der Waals surface area contributed by atoms with E-state index in [0.717, 1.165) is 194 Å². The Balaban J connectivity index is 1.34. The molecule has 3 aromatic heterocycles. The van der Waals surface area contributed by atoms with E-state index in [2.05, 4.69) is 131 Å². The molecule has 9 aliphatic rings. The number of thioether (sulfide) groups is 1. The van der Waals surface area contributed by atoms with Gasteiger partial charge >= 0.3 is 0 Å². The van der Waals surface area contributed by atoms with E-state index in [4.69, 9.17) is 38.4 Å². The number of hydrogen-bond acceptors (Lipinski definition) is 14. The average Bonchev–Trinajstić information content (AvgIpc) is 1.49. The zero-order chi connectivity index (χ0) is 75.0. The van der Waals surface area contributed by atoms with Gasteiger partial charge in [-0.25, -0.2) is 9.97 Å². The molecular weight excluding hydrogens is 1350 g/mol. The third-order valence-electron chi connectivity index (χ3n) is 21.3. The van der Waals surface area contributed by atoms with E-state index in [-0.39, 0.29) is 35.6 Å². The van der Waals surface area contributed by atoms with Gasteiger partial charge in [0.2, 0.25) is 11.8 Å². The second-order valence-corrected chi connectivity index (χ2v) is 31.3. The molecule has 6 aromatic rings. The summed E-state index contributed by atoms with van der Waals surface area (Å²) < 4.78 is 39.7. The molecule has 3 amide bonds. The standard InChI is InChI=1S/C87H117N9O9S/c1-14-18-28-63-56(5)81-79-77-67-32-22-34-73(77)104-40-24-26-60-50-62(87(9,10)11)51-61(85(60)106-86(99)94(12)13)27-25-41-105-74-35-23-33-68(89-76(98)55-96-38-44-102-48-46-100-42-36-95(54-75(97)88-67)37-43-101-47-49-103-45-39-96)78(74)80(83-57(6)64(29-19-15-2)70(91-83)52-69(63)90-81)84-59(8)66(31-21-17-4)72(93-84)53-71-65(30-20-16-3)58(7)82(79)92-71/h22-23,32-35,50-53,90,93H,14-21,24-31,36-49,54-55H2,1-13H3,(H,88,97)(H,89,98). The second-order valence-electron chi connectivity index (χ2n) is 30.4. The van der Waals surface area contributed by atoms with Crippen LogP contribution in [0.2, 0.25) is 0 Å². The fraction of sp³-hybridized carbons (Fsp3) is 0.529. The lowest BCUT2D eigenvalue weighted by molar-refractivity contribution is -0.118. The summed E-state index contributed by atoms with van der Waals surface area (Å²) in [6.45, 7) is 30.1. The van der Waals surface area contributed by atoms with Crippen LogP contribution < -0.4 is 20.1 Å². The Morgan fingerprint density at radius 1 is 0.528 bits per heavy atom. The number of benzene rings is 3. The number of fused-ring (bicyclic) bond motifs is 6. The summed E-state index contributed by atoms with van der Waals surface area (Å²) >= 11 is 1.28. The molecule has 0 atom stereocenters. The van der Waals surface area contributed by atoms with E-state index in [1.54, 1.807) is 4.90 Å². The van der Waals surface area contributed by atoms with Gasteiger partial charge in [-0.1, -0.05) is 98.4 Å². The normalized spacial score (nSPS) is 17.9. The lowest BCUT2D eigenvalue weighted by Crippen LogP contribution is -2.39. The molecular formula is C87H117N9O9S. The number of nitrogens with one attached hydrogen (secondary N) is 4. The van der Waals surface area contributed by atoms with Crippen LogP contribution in [-0.2, 0) is 59.6 Å². The van der Waals surface area contributed by atoms with Gasteiger partial charge in [-0.2, -0.15) is 0 Å². The first-order chi connectivity index (χ1) is 51.3. The van der Waals surface area contributed by atoms with Crippen molar-refractivity contribution in [3.05, 3.63) is 122 Å². The maximum Gasteiger partial charge on any atom is 0.285 e. The molecule has 19 heteroatoms. The van der Waals surface area contributed by atoms with Crippen LogP contribution in [0.1, 0.15) is 201 Å². The molecule has 12 heterocycles. The lowest BCUT2D eigenvalue weighted by atomic mass is 9.84. The molecule has 16 bridgehead atoms. The number of hydrogen-bond donors (Lipinski definition) is 4. The van der Waals surface area contributed by atoms with Gasteiger partial charge < -0.3 is 53.9 Å². The Kier molecular flexibility index (Phi) is 28.1. The Morgan fingerprint density at radius 2 is 0.925 bits per heavy atom. The number of aryl methyl sites for hydroxylation is 6. The van der Waals surface area contributed by atoms with Crippen molar-refractivity contribution in [2.24, 2.45) is 0 Å². The fourth-order valence-corrected chi connectivity index (χ4v) is 16.2. The highest BCUT2D eigenvalue weighted by atomic mass is 32.2. The van der Waals surface area contributed by atoms with Crippen LogP contribution in [0.15, 0.2) is 65.6 Å². The van der Waals surface area contributed by atoms with Gasteiger partial charge in [0.15, 0.2) is 0 Å². The van der Waals surface area contributed by atoms with E-state index in [1.807, 2.05) is 50.5 Å². The van der Waals surface area contributed by atoms with Crippen LogP contribution in [0, 0.1) is 13.8 Å². The van der Waals surface area contributed by atoms with Crippen molar-refractivity contribution in [1.82, 2.24) is 34.6 Å². The number of aromatic amines is 2. The number of amides is 3. The number of nitrogens with zero attached hydrogens (tertiary/aromatic N) is 5. The highest BCUT2D eigenvalue weighted by Gasteiger charge is 2.32. The maximum absolute atomic E-state index is 15.4. The average molecular weight is 1470 g/mol. The van der Waals surface area contributed by atoms with Crippen molar-refractivity contribution in [3.8, 4) is 33.8 Å². The molecule has 0 saturated carbocycles. The third kappa shape index (κ3) is 19.1. The number of H-pyrrole nitrogens is 2. The smallest absolute Gasteiger partial charge is 0.285 e. The number of rotatable bonds is 13. The van der Waals surface area contributed by atoms with E-state index < -0.39 is 0 Å². The van der Waals surface area contributed by atoms with Gasteiger partial charge in [-0.3, -0.25) is 24.2 Å². The zero-order valence-corrected chi connectivity index (χ0v) is 66.5. The van der Waals surface area contributed by atoms with Crippen molar-refractivity contribution in [2.45, 2.75) is 189 Å². The molecule has 570 valence electrons. The van der Waals surface area contributed by atoms with Crippen LogP contribution in [-0.4, -0.2) is 171 Å². The molecule has 9 aliphatic heterocycles. The van der Waals surface area contributed by atoms with Crippen LogP contribution in [0.5, 0.6) is 11.5 Å². The minimum Gasteiger partial charge on any atom is -0.493 e. The molecule has 106 heavy (non-hydrogen) atoms. The SMILES string of the molecule is CCCCC1=C(C)c2nc1cc1[nH]c(c(C)c1CCCC)c1c3nc(cc4[nH]c(c(C)c4CCCC)c2-c2c4cccc2OCCCc2cc(C(C)(C)C)cc(c2SC(=O)N(C)C)CCCOc2cccc(c2-1)NC(=O)CN1CCOCCOCCN(CCOCCOCC1)CC(=O)N4)C(CCCC)=C3C. The Bertz CT molecular complexity index is 4090. The number of ether oxygens (including phenoxy) is 6. The Hall–Kier alpha value is -7.62. The minimum atomic E-state index is -0.227. The summed E-state index contributed by atoms with van der Waals surface area (Å²) in [5.74, 6) is 0.797. The Morgan fingerprint density at radius 3 is 1.30 bits per heavy atom. The molecule has 1 saturated heterocycles. The van der Waals surface area contributed by atoms with Crippen molar-refractivity contribution in [2.75, 3.05) is 130 Å². The summed E-state index contributed by atoms with van der Waals surface area (Å²) in [4.78, 5) is 72.3. The molecule has 3 aromatic carbocycles. The highest BCUT2D eigenvalue weighted by Crippen LogP contribution is 2.50. The van der Waals surface area contributed by atoms with Crippen LogP contribution in [0.3, 0.4) is 0 Å². The maximum atomic E-state index is 15.4. The monoisotopic (exact) mass is 1460 g/mol. The number of anilines is 2. The fourth-order valence-electron chi connectivity index (χ4n) is 15.2. The lowest BCUT2D eigenvalue weighted by Gasteiger charge is -2.25. The molecule has 18 nitrogen and oxygen atoms in total. The van der Waals surface area contributed by atoms with Crippen LogP contribution >= 0.6 is 11.8 Å². The second kappa shape index (κ2) is 37.5. The molecule has 4 N–H and O–H groups in total. The van der Waals surface area contributed by atoms with Gasteiger partial charge in [0.1, 0.15) is 11.5 Å². The van der Waals surface area contributed by atoms with Gasteiger partial charge in [0.05, 0.1) is 135 Å². The van der Waals surface area contributed by atoms with Crippen molar-refractivity contribution in [1.29, 1.82) is 0 Å². The number of unbranched alkanes of at least 4 members (excludes halogenated alkanes) is 4. The first-order valence-electron chi connectivity index (χ1n) is 39.4. The summed E-state index contributed by atoms with van der Waals surface area (Å²) in [7, 11) is 3.62. The third-order valence-corrected chi connectivity index (χ3v) is 22.6. The number of carbonyl (C=O) groups excluding carboxylic acids is 3. The van der Waals surface area contributed by atoms with Crippen LogP contribution in [0.4, 0.5) is 16.2 Å². The first kappa shape index (κ1) is 79.4. The van der Waals surface area contributed by atoms with Gasteiger partial charge in [-0.15, -0.1) is 0 Å². The highest BCUT2D eigenvalue weighted by molar-refractivity contribution is 8.13. The summed E-state index contributed by atoms with van der Waals surface area (Å²) in [6, 6.07) is 21.3. The van der Waals surface area contributed by atoms with Crippen molar-refractivity contribution >= 4 is 84.5 Å². The number of carbonyl (C=O) groups is 3. The van der Waals surface area contributed by atoms with Crippen molar-refractivity contribution in [3.63, 3.8) is 0 Å². The largest absolute Gasteiger partial charge is 0.493 e. The quantitative estimate of drug-likeness (QED) is 0.0797. The van der Waals surface area contributed by atoms with E-state index in [1.165, 1.54) is 28.5 Å². The van der Waals surface area contributed by atoms with Crippen LogP contribution in [0.25, 0.3) is 66.6 Å². The first-order valence-corrected chi connectivity index (χ1v) is 40.2. The molecule has 1 fully saturated rings. The van der Waals surface area contributed by atoms with Gasteiger partial charge in [-0.05, 0) is 220 Å². The van der Waals surface area contributed by atoms with E-state index >= 15 is 9.59 Å². The number of aromatic nitrogens is 4. The predicted molar refractivity (Wildman–Crippen MR) is 434 cm³/mol. The van der Waals surface area contributed by atoms with Gasteiger partial charge in [0, 0.05) is 67.3 Å². The molecule has 0 aliphatic carbocycles. The minimum absolute atomic E-state index is 0.0515. The van der Waals surface area contributed by atoms with Gasteiger partial charge in [0.25, 0.3) is 5.24 Å². The summed E-state index contributed by atoms with van der Waals surface area (Å²) in [5.41, 5.74) is 23.3. The van der Waals surface area contributed by atoms with E-state index in [9.17, 15) is 4.79 Å². The topological polar surface area (TPSA) is 198 Å². The molecule has 15 rings (SSSR count). The summed E-state index contributed by atoms with van der Waals surface area (Å²) in [5, 5.41) is 7.01.